The quantitative estimate of drug-likeness (QED) is 0.291. The second-order valence-corrected chi connectivity index (χ2v) is 5.65. The molecule has 0 saturated heterocycles. The second-order valence-electron chi connectivity index (χ2n) is 5.65. The molecule has 0 aliphatic carbocycles. The van der Waals surface area contributed by atoms with Crippen LogP contribution in [0, 0.1) is 0 Å². The molecule has 7 heteroatoms. The third-order valence-corrected chi connectivity index (χ3v) is 3.84. The minimum atomic E-state index is 0.00205. The van der Waals surface area contributed by atoms with Gasteiger partial charge in [0.2, 0.25) is 6.41 Å². The number of nitrogens with one attached hydrogen (secondary N) is 1. The summed E-state index contributed by atoms with van der Waals surface area (Å²) in [5.41, 5.74) is 8.68. The number of hydrogen-bond donors (Lipinski definition) is 2. The number of methoxy groups -OCH3 is 1. The zero-order chi connectivity index (χ0) is 19.1. The van der Waals surface area contributed by atoms with Gasteiger partial charge in [0.1, 0.15) is 17.9 Å². The maximum atomic E-state index is 10.6. The van der Waals surface area contributed by atoms with Crippen molar-refractivity contribution in [3.05, 3.63) is 54.6 Å². The highest BCUT2D eigenvalue weighted by Gasteiger charge is 2.12. The molecule has 1 heterocycles. The Labute approximate surface area is 156 Å². The van der Waals surface area contributed by atoms with Crippen molar-refractivity contribution in [2.24, 2.45) is 10.7 Å². The van der Waals surface area contributed by atoms with Crippen LogP contribution in [0.5, 0.6) is 5.75 Å². The summed E-state index contributed by atoms with van der Waals surface area (Å²) < 4.78 is 10.9. The number of amides is 1. The monoisotopic (exact) mass is 364 g/mol. The molecule has 0 spiro atoms. The Kier molecular flexibility index (Phi) is 5.96. The van der Waals surface area contributed by atoms with Crippen molar-refractivity contribution >= 4 is 29.0 Å². The number of aliphatic imine (C=N–C) groups is 1. The molecule has 3 aromatic rings. The number of para-hydroxylation sites is 1. The van der Waals surface area contributed by atoms with Gasteiger partial charge in [-0.25, -0.2) is 9.98 Å². The van der Waals surface area contributed by atoms with Gasteiger partial charge < -0.3 is 15.2 Å². The highest BCUT2D eigenvalue weighted by Crippen LogP contribution is 2.34. The molecule has 1 amide bonds. The van der Waals surface area contributed by atoms with Crippen LogP contribution in [0.3, 0.4) is 0 Å². The van der Waals surface area contributed by atoms with Gasteiger partial charge in [0, 0.05) is 18.1 Å². The summed E-state index contributed by atoms with van der Waals surface area (Å²) in [5.74, 6) is 0.628. The Hall–Kier alpha value is -3.45. The topological polar surface area (TPSA) is 98.8 Å². The number of pyridine rings is 1. The number of fused-ring (bicyclic) bond motifs is 1. The van der Waals surface area contributed by atoms with Gasteiger partial charge in [0.05, 0.1) is 18.0 Å². The van der Waals surface area contributed by atoms with E-state index in [0.29, 0.717) is 36.6 Å². The zero-order valence-electron chi connectivity index (χ0n) is 14.9. The van der Waals surface area contributed by atoms with E-state index in [-0.39, 0.29) is 5.96 Å². The molecule has 1 aromatic heterocycles. The van der Waals surface area contributed by atoms with Crippen LogP contribution < -0.4 is 15.8 Å². The fourth-order valence-electron chi connectivity index (χ4n) is 2.63. The lowest BCUT2D eigenvalue weighted by Gasteiger charge is -2.12. The first-order valence-electron chi connectivity index (χ1n) is 8.38. The fourth-order valence-corrected chi connectivity index (χ4v) is 2.63. The minimum Gasteiger partial charge on any atom is -0.489 e. The molecule has 0 aliphatic heterocycles. The summed E-state index contributed by atoms with van der Waals surface area (Å²) >= 11 is 0. The molecule has 0 aliphatic rings. The van der Waals surface area contributed by atoms with E-state index >= 15 is 0 Å². The third-order valence-electron chi connectivity index (χ3n) is 3.84. The second kappa shape index (κ2) is 8.77. The summed E-state index contributed by atoms with van der Waals surface area (Å²) in [6.07, 6.45) is 0.486. The van der Waals surface area contributed by atoms with Crippen molar-refractivity contribution in [1.82, 2.24) is 10.3 Å². The number of hydrogen-bond acceptors (Lipinski definition) is 5. The largest absolute Gasteiger partial charge is 0.489 e. The Morgan fingerprint density at radius 2 is 2.00 bits per heavy atom. The molecule has 0 atom stereocenters. The number of nitrogens with two attached hydrogens (primary N) is 1. The predicted molar refractivity (Wildman–Crippen MR) is 105 cm³/mol. The number of carbonyl (C=O) groups excluding carboxylic acids is 1. The van der Waals surface area contributed by atoms with Crippen LogP contribution in [0.1, 0.15) is 0 Å². The number of benzene rings is 2. The Morgan fingerprint density at radius 1 is 1.19 bits per heavy atom. The van der Waals surface area contributed by atoms with Crippen LogP contribution in [-0.2, 0) is 9.53 Å². The number of ether oxygens (including phenoxy) is 2. The molecule has 138 valence electrons. The van der Waals surface area contributed by atoms with Crippen molar-refractivity contribution in [3.8, 4) is 17.0 Å². The lowest BCUT2D eigenvalue weighted by Crippen LogP contribution is -2.29. The molecular formula is C20H20N4O3. The molecule has 0 bridgehead atoms. The van der Waals surface area contributed by atoms with E-state index in [9.17, 15) is 4.79 Å². The normalized spacial score (nSPS) is 11.4. The van der Waals surface area contributed by atoms with Crippen LogP contribution in [0.4, 0.5) is 5.69 Å². The van der Waals surface area contributed by atoms with Gasteiger partial charge in [0.15, 0.2) is 5.96 Å². The van der Waals surface area contributed by atoms with E-state index in [0.717, 1.165) is 16.6 Å². The zero-order valence-corrected chi connectivity index (χ0v) is 14.9. The van der Waals surface area contributed by atoms with E-state index in [1.807, 2.05) is 54.6 Å². The number of nitrogens with zero attached hydrogens (tertiary/aromatic N) is 2. The summed E-state index contributed by atoms with van der Waals surface area (Å²) in [5, 5.41) is 3.12. The Bertz CT molecular complexity index is 958. The van der Waals surface area contributed by atoms with Gasteiger partial charge in [-0.1, -0.05) is 42.5 Å². The van der Waals surface area contributed by atoms with E-state index in [1.165, 1.54) is 0 Å². The Balaban J connectivity index is 2.17. The molecular weight excluding hydrogens is 344 g/mol. The summed E-state index contributed by atoms with van der Waals surface area (Å²) in [6.45, 7) is 0.871. The van der Waals surface area contributed by atoms with E-state index in [2.05, 4.69) is 10.3 Å². The molecule has 27 heavy (non-hydrogen) atoms. The van der Waals surface area contributed by atoms with Gasteiger partial charge >= 0.3 is 0 Å². The van der Waals surface area contributed by atoms with Crippen molar-refractivity contribution in [3.63, 3.8) is 0 Å². The van der Waals surface area contributed by atoms with Gasteiger partial charge in [-0.3, -0.25) is 10.1 Å². The van der Waals surface area contributed by atoms with Crippen molar-refractivity contribution < 1.29 is 14.3 Å². The first-order chi connectivity index (χ1) is 13.2. The van der Waals surface area contributed by atoms with Crippen LogP contribution in [-0.4, -0.2) is 37.7 Å². The SMILES string of the molecule is COCCOc1cccc2c(N=C(N)NC=O)cc(-c3ccccc3)nc12. The number of guanidine groups is 1. The Morgan fingerprint density at radius 3 is 2.74 bits per heavy atom. The first-order valence-corrected chi connectivity index (χ1v) is 8.38. The van der Waals surface area contributed by atoms with Gasteiger partial charge in [-0.15, -0.1) is 0 Å². The lowest BCUT2D eigenvalue weighted by molar-refractivity contribution is -0.108. The highest BCUT2D eigenvalue weighted by molar-refractivity contribution is 5.99. The molecule has 0 saturated carbocycles. The molecule has 0 unspecified atom stereocenters. The molecule has 3 N–H and O–H groups in total. The van der Waals surface area contributed by atoms with Crippen molar-refractivity contribution in [1.29, 1.82) is 0 Å². The predicted octanol–water partition coefficient (Wildman–Crippen LogP) is 2.62. The van der Waals surface area contributed by atoms with Crippen LogP contribution in [0.25, 0.3) is 22.2 Å². The van der Waals surface area contributed by atoms with Gasteiger partial charge in [-0.2, -0.15) is 0 Å². The standard InChI is InChI=1S/C20H20N4O3/c1-26-10-11-27-18-9-5-8-15-17(24-20(21)22-13-25)12-16(23-19(15)18)14-6-3-2-4-7-14/h2-9,12-13H,10-11H2,1H3,(H3,21,22,23,24,25). The van der Waals surface area contributed by atoms with Crippen molar-refractivity contribution in [2.45, 2.75) is 0 Å². The average molecular weight is 364 g/mol. The van der Waals surface area contributed by atoms with Crippen LogP contribution in [0.15, 0.2) is 59.6 Å². The molecule has 0 fully saturated rings. The van der Waals surface area contributed by atoms with Crippen LogP contribution >= 0.6 is 0 Å². The number of carbonyl (C=O) groups is 1. The lowest BCUT2D eigenvalue weighted by atomic mass is 10.1. The number of rotatable bonds is 7. The van der Waals surface area contributed by atoms with Crippen molar-refractivity contribution in [2.75, 3.05) is 20.3 Å². The molecule has 3 rings (SSSR count). The minimum absolute atomic E-state index is 0.00205. The molecule has 7 nitrogen and oxygen atoms in total. The van der Waals surface area contributed by atoms with Gasteiger partial charge in [-0.05, 0) is 12.1 Å². The van der Waals surface area contributed by atoms with E-state index in [4.69, 9.17) is 20.2 Å². The smallest absolute Gasteiger partial charge is 0.213 e. The maximum absolute atomic E-state index is 10.6. The molecule has 2 aromatic carbocycles. The highest BCUT2D eigenvalue weighted by atomic mass is 16.5. The summed E-state index contributed by atoms with van der Waals surface area (Å²) in [4.78, 5) is 19.7. The number of aromatic nitrogens is 1. The fraction of sp³-hybridized carbons (Fsp3) is 0.150. The van der Waals surface area contributed by atoms with Crippen LogP contribution in [0.2, 0.25) is 0 Å². The third kappa shape index (κ3) is 4.39. The van der Waals surface area contributed by atoms with E-state index < -0.39 is 0 Å². The summed E-state index contributed by atoms with van der Waals surface area (Å²) in [6, 6.07) is 17.2. The first kappa shape index (κ1) is 18.3. The van der Waals surface area contributed by atoms with Gasteiger partial charge in [0.25, 0.3) is 0 Å². The molecule has 0 radical (unpaired) electrons. The van der Waals surface area contributed by atoms with E-state index in [1.54, 1.807) is 7.11 Å². The average Bonchev–Trinajstić information content (AvgIpc) is 2.69. The maximum Gasteiger partial charge on any atom is 0.213 e. The summed E-state index contributed by atoms with van der Waals surface area (Å²) in [7, 11) is 1.62.